The van der Waals surface area contributed by atoms with Crippen LogP contribution in [0.2, 0.25) is 0 Å². The minimum absolute atomic E-state index is 0.0642. The van der Waals surface area contributed by atoms with Crippen molar-refractivity contribution in [3.8, 4) is 11.5 Å². The normalized spacial score (nSPS) is 13.8. The smallest absolute Gasteiger partial charge is 0.476 e. The third-order valence-electron chi connectivity index (χ3n) is 5.40. The molecule has 0 aromatic heterocycles. The minimum Gasteiger partial charge on any atom is -0.476 e. The molecule has 0 heterocycles. The van der Waals surface area contributed by atoms with Crippen LogP contribution in [0, 0.1) is 0 Å². The van der Waals surface area contributed by atoms with E-state index in [-0.39, 0.29) is 12.2 Å². The van der Waals surface area contributed by atoms with Crippen molar-refractivity contribution in [1.29, 1.82) is 0 Å². The molecule has 32 heavy (non-hydrogen) atoms. The molecule has 1 atom stereocenters. The molecule has 0 spiro atoms. The number of ether oxygens (including phenoxy) is 4. The monoisotopic (exact) mass is 462 g/mol. The molecule has 0 bridgehead atoms. The van der Waals surface area contributed by atoms with Gasteiger partial charge < -0.3 is 18.9 Å². The SMILES string of the molecule is COC(C)(C)C(C)(C)OCc1ccc(OC(c2ccccc2)C(F)F)c(OC(F)(F)F)c1. The fourth-order valence-electron chi connectivity index (χ4n) is 2.67. The minimum atomic E-state index is -5.04. The second-order valence-electron chi connectivity index (χ2n) is 8.13. The van der Waals surface area contributed by atoms with Gasteiger partial charge in [-0.05, 0) is 51.0 Å². The number of benzene rings is 2. The zero-order valence-electron chi connectivity index (χ0n) is 18.5. The molecule has 178 valence electrons. The van der Waals surface area contributed by atoms with Crippen molar-refractivity contribution in [1.82, 2.24) is 0 Å². The Morgan fingerprint density at radius 1 is 0.844 bits per heavy atom. The molecular weight excluding hydrogens is 435 g/mol. The molecule has 0 N–H and O–H groups in total. The highest BCUT2D eigenvalue weighted by Crippen LogP contribution is 2.38. The fourth-order valence-corrected chi connectivity index (χ4v) is 2.67. The van der Waals surface area contributed by atoms with Gasteiger partial charge in [-0.15, -0.1) is 13.2 Å². The number of halogens is 5. The Morgan fingerprint density at radius 3 is 2.00 bits per heavy atom. The molecule has 1 unspecified atom stereocenters. The largest absolute Gasteiger partial charge is 0.573 e. The topological polar surface area (TPSA) is 36.9 Å². The summed E-state index contributed by atoms with van der Waals surface area (Å²) in [5.74, 6) is -1.19. The van der Waals surface area contributed by atoms with Gasteiger partial charge in [-0.3, -0.25) is 0 Å². The van der Waals surface area contributed by atoms with Gasteiger partial charge in [0.1, 0.15) is 0 Å². The van der Waals surface area contributed by atoms with Crippen LogP contribution in [-0.4, -0.2) is 31.1 Å². The van der Waals surface area contributed by atoms with Gasteiger partial charge in [0, 0.05) is 7.11 Å². The lowest BCUT2D eigenvalue weighted by Crippen LogP contribution is -2.48. The van der Waals surface area contributed by atoms with Gasteiger partial charge in [-0.2, -0.15) is 0 Å². The molecule has 2 aromatic rings. The molecular formula is C23H27F5O4. The molecule has 0 amide bonds. The Kier molecular flexibility index (Phi) is 8.12. The lowest BCUT2D eigenvalue weighted by Gasteiger charge is -2.40. The van der Waals surface area contributed by atoms with Crippen LogP contribution in [-0.2, 0) is 16.1 Å². The second kappa shape index (κ2) is 10.0. The van der Waals surface area contributed by atoms with Crippen LogP contribution < -0.4 is 9.47 Å². The summed E-state index contributed by atoms with van der Waals surface area (Å²) in [5, 5.41) is 0. The number of rotatable bonds is 10. The van der Waals surface area contributed by atoms with Crippen LogP contribution in [0.15, 0.2) is 48.5 Å². The van der Waals surface area contributed by atoms with Crippen LogP contribution in [0.4, 0.5) is 22.0 Å². The average molecular weight is 462 g/mol. The van der Waals surface area contributed by atoms with E-state index < -0.39 is 41.6 Å². The zero-order valence-corrected chi connectivity index (χ0v) is 18.5. The van der Waals surface area contributed by atoms with Crippen molar-refractivity contribution in [2.75, 3.05) is 7.11 Å². The maximum atomic E-state index is 13.6. The molecule has 0 fully saturated rings. The summed E-state index contributed by atoms with van der Waals surface area (Å²) in [7, 11) is 1.53. The van der Waals surface area contributed by atoms with Crippen LogP contribution in [0.25, 0.3) is 0 Å². The number of methoxy groups -OCH3 is 1. The lowest BCUT2D eigenvalue weighted by molar-refractivity contribution is -0.275. The van der Waals surface area contributed by atoms with E-state index in [0.717, 1.165) is 12.1 Å². The molecule has 0 saturated heterocycles. The molecule has 2 rings (SSSR count). The standard InChI is InChI=1S/C23H27F5O4/c1-21(2,29-5)22(3,4)30-14-15-11-12-17(18(13-15)32-23(26,27)28)31-19(20(24)25)16-9-7-6-8-10-16/h6-13,19-20H,14H2,1-5H3. The van der Waals surface area contributed by atoms with Crippen molar-refractivity contribution in [2.24, 2.45) is 0 Å². The summed E-state index contributed by atoms with van der Waals surface area (Å²) in [6, 6.07) is 11.2. The van der Waals surface area contributed by atoms with Crippen molar-refractivity contribution in [2.45, 2.75) is 64.4 Å². The van der Waals surface area contributed by atoms with E-state index in [9.17, 15) is 22.0 Å². The summed E-state index contributed by atoms with van der Waals surface area (Å²) in [5.41, 5.74) is -1.00. The van der Waals surface area contributed by atoms with Gasteiger partial charge in [-0.25, -0.2) is 8.78 Å². The predicted molar refractivity (Wildman–Crippen MR) is 109 cm³/mol. The Bertz CT molecular complexity index is 866. The molecule has 0 aliphatic rings. The van der Waals surface area contributed by atoms with Crippen LogP contribution in [0.3, 0.4) is 0 Å². The molecule has 9 heteroatoms. The second-order valence-corrected chi connectivity index (χ2v) is 8.13. The van der Waals surface area contributed by atoms with Gasteiger partial charge in [0.05, 0.1) is 17.8 Å². The Hall–Kier alpha value is -2.39. The zero-order chi connectivity index (χ0) is 24.2. The predicted octanol–water partition coefficient (Wildman–Crippen LogP) is 6.69. The Morgan fingerprint density at radius 2 is 1.47 bits per heavy atom. The quantitative estimate of drug-likeness (QED) is 0.369. The third kappa shape index (κ3) is 6.80. The van der Waals surface area contributed by atoms with Crippen LogP contribution in [0.1, 0.15) is 44.9 Å². The van der Waals surface area contributed by atoms with Crippen molar-refractivity contribution < 1.29 is 40.9 Å². The first-order chi connectivity index (χ1) is 14.8. The first kappa shape index (κ1) is 25.9. The fraction of sp³-hybridized carbons (Fsp3) is 0.478. The van der Waals surface area contributed by atoms with Crippen molar-refractivity contribution >= 4 is 0 Å². The summed E-state index contributed by atoms with van der Waals surface area (Å²) >= 11 is 0. The average Bonchev–Trinajstić information content (AvgIpc) is 2.70. The summed E-state index contributed by atoms with van der Waals surface area (Å²) in [4.78, 5) is 0. The van der Waals surface area contributed by atoms with Gasteiger partial charge in [0.2, 0.25) is 0 Å². The maximum absolute atomic E-state index is 13.6. The van der Waals surface area contributed by atoms with E-state index in [2.05, 4.69) is 4.74 Å². The van der Waals surface area contributed by atoms with Crippen LogP contribution >= 0.6 is 0 Å². The third-order valence-corrected chi connectivity index (χ3v) is 5.40. The van der Waals surface area contributed by atoms with Gasteiger partial charge in [0.25, 0.3) is 6.43 Å². The number of hydrogen-bond donors (Lipinski definition) is 0. The maximum Gasteiger partial charge on any atom is 0.573 e. The highest BCUT2D eigenvalue weighted by atomic mass is 19.4. The van der Waals surface area contributed by atoms with E-state index in [0.29, 0.717) is 5.56 Å². The van der Waals surface area contributed by atoms with E-state index in [1.807, 2.05) is 13.8 Å². The van der Waals surface area contributed by atoms with Gasteiger partial charge in [-0.1, -0.05) is 36.4 Å². The van der Waals surface area contributed by atoms with Crippen molar-refractivity contribution in [3.63, 3.8) is 0 Å². The molecule has 0 aliphatic carbocycles. The van der Waals surface area contributed by atoms with Crippen LogP contribution in [0.5, 0.6) is 11.5 Å². The first-order valence-electron chi connectivity index (χ1n) is 9.83. The molecule has 0 saturated carbocycles. The molecule has 4 nitrogen and oxygen atoms in total. The highest BCUT2D eigenvalue weighted by Gasteiger charge is 2.38. The molecule has 0 radical (unpaired) electrons. The summed E-state index contributed by atoms with van der Waals surface area (Å²) in [6.07, 6.45) is -9.78. The Balaban J connectivity index is 2.32. The summed E-state index contributed by atoms with van der Waals surface area (Å²) < 4.78 is 86.7. The van der Waals surface area contributed by atoms with Gasteiger partial charge >= 0.3 is 6.36 Å². The van der Waals surface area contributed by atoms with E-state index in [4.69, 9.17) is 14.2 Å². The van der Waals surface area contributed by atoms with E-state index in [1.54, 1.807) is 19.9 Å². The molecule has 2 aromatic carbocycles. The first-order valence-corrected chi connectivity index (χ1v) is 9.83. The number of alkyl halides is 5. The number of hydrogen-bond acceptors (Lipinski definition) is 4. The van der Waals surface area contributed by atoms with Gasteiger partial charge in [0.15, 0.2) is 17.6 Å². The van der Waals surface area contributed by atoms with E-state index in [1.165, 1.54) is 37.4 Å². The van der Waals surface area contributed by atoms with Crippen molar-refractivity contribution in [3.05, 3.63) is 59.7 Å². The highest BCUT2D eigenvalue weighted by molar-refractivity contribution is 5.43. The Labute approximate surface area is 184 Å². The summed E-state index contributed by atoms with van der Waals surface area (Å²) in [6.45, 7) is 7.14. The lowest BCUT2D eigenvalue weighted by atomic mass is 9.89. The van der Waals surface area contributed by atoms with E-state index >= 15 is 0 Å². The molecule has 0 aliphatic heterocycles.